The van der Waals surface area contributed by atoms with Gasteiger partial charge in [-0.15, -0.1) is 0 Å². The normalized spacial score (nSPS) is 11.5. The first-order valence-electron chi connectivity index (χ1n) is 3.92. The summed E-state index contributed by atoms with van der Waals surface area (Å²) in [5.74, 6) is 0. The predicted octanol–water partition coefficient (Wildman–Crippen LogP) is 1.81. The van der Waals surface area contributed by atoms with E-state index in [0.717, 1.165) is 0 Å². The van der Waals surface area contributed by atoms with Gasteiger partial charge >= 0.3 is 6.18 Å². The molecule has 0 atom stereocenters. The molecule has 78 valence electrons. The Hall–Kier alpha value is -0.520. The number of thiocarbonyl (C=S) groups is 1. The monoisotopic (exact) mass is 214 g/mol. The summed E-state index contributed by atoms with van der Waals surface area (Å²) in [4.78, 5) is 0. The van der Waals surface area contributed by atoms with Gasteiger partial charge in [0.1, 0.15) is 0 Å². The summed E-state index contributed by atoms with van der Waals surface area (Å²) in [6, 6.07) is 0.130. The van der Waals surface area contributed by atoms with Gasteiger partial charge in [-0.3, -0.25) is 0 Å². The fourth-order valence-corrected chi connectivity index (χ4v) is 0.969. The predicted molar refractivity (Wildman–Crippen MR) is 49.5 cm³/mol. The van der Waals surface area contributed by atoms with Crippen LogP contribution in [-0.4, -0.2) is 23.9 Å². The van der Waals surface area contributed by atoms with Crippen LogP contribution in [0.4, 0.5) is 13.2 Å². The lowest BCUT2D eigenvalue weighted by Crippen LogP contribution is -2.40. The average Bonchev–Trinajstić information content (AvgIpc) is 1.81. The molecule has 0 aliphatic rings. The summed E-state index contributed by atoms with van der Waals surface area (Å²) < 4.78 is 35.0. The third-order valence-electron chi connectivity index (χ3n) is 1.11. The van der Waals surface area contributed by atoms with E-state index in [4.69, 9.17) is 12.2 Å². The lowest BCUT2D eigenvalue weighted by molar-refractivity contribution is -0.132. The van der Waals surface area contributed by atoms with E-state index in [0.29, 0.717) is 0 Å². The van der Waals surface area contributed by atoms with Gasteiger partial charge in [0.25, 0.3) is 0 Å². The summed E-state index contributed by atoms with van der Waals surface area (Å²) >= 11 is 4.73. The first kappa shape index (κ1) is 12.5. The smallest absolute Gasteiger partial charge is 0.362 e. The quantitative estimate of drug-likeness (QED) is 0.701. The van der Waals surface area contributed by atoms with E-state index in [1.165, 1.54) is 0 Å². The first-order chi connectivity index (χ1) is 5.81. The number of hydrogen-bond acceptors (Lipinski definition) is 1. The minimum absolute atomic E-state index is 0.130. The molecule has 0 aliphatic carbocycles. The molecule has 0 unspecified atom stereocenters. The van der Waals surface area contributed by atoms with Gasteiger partial charge in [-0.1, -0.05) is 0 Å². The van der Waals surface area contributed by atoms with E-state index in [2.05, 4.69) is 10.6 Å². The van der Waals surface area contributed by atoms with Crippen LogP contribution in [0.25, 0.3) is 0 Å². The van der Waals surface area contributed by atoms with Crippen molar-refractivity contribution in [3.63, 3.8) is 0 Å². The molecule has 2 N–H and O–H groups in total. The Morgan fingerprint density at radius 3 is 2.31 bits per heavy atom. The molecule has 6 heteroatoms. The number of hydrogen-bond donors (Lipinski definition) is 2. The Morgan fingerprint density at radius 2 is 1.92 bits per heavy atom. The van der Waals surface area contributed by atoms with Gasteiger partial charge in [-0.05, 0) is 26.1 Å². The second-order valence-corrected chi connectivity index (χ2v) is 3.33. The maximum absolute atomic E-state index is 11.7. The van der Waals surface area contributed by atoms with Crippen molar-refractivity contribution in [1.29, 1.82) is 0 Å². The highest BCUT2D eigenvalue weighted by Gasteiger charge is 2.26. The molecule has 0 fully saturated rings. The van der Waals surface area contributed by atoms with E-state index in [1.807, 2.05) is 13.8 Å². The molecule has 0 amide bonds. The van der Waals surface area contributed by atoms with Gasteiger partial charge in [0, 0.05) is 12.6 Å². The topological polar surface area (TPSA) is 24.1 Å². The molecular weight excluding hydrogens is 201 g/mol. The van der Waals surface area contributed by atoms with E-state index in [1.54, 1.807) is 0 Å². The van der Waals surface area contributed by atoms with Crippen molar-refractivity contribution in [3.8, 4) is 0 Å². The summed E-state index contributed by atoms with van der Waals surface area (Å²) in [6.07, 6.45) is -4.99. The van der Waals surface area contributed by atoms with E-state index >= 15 is 0 Å². The summed E-state index contributed by atoms with van der Waals surface area (Å²) in [5.41, 5.74) is 0. The molecule has 0 bridgehead atoms. The fraction of sp³-hybridized carbons (Fsp3) is 0.857. The molecule has 0 aromatic rings. The van der Waals surface area contributed by atoms with Crippen molar-refractivity contribution in [2.75, 3.05) is 6.54 Å². The molecule has 13 heavy (non-hydrogen) atoms. The standard InChI is InChI=1S/C7H13F3N2S/c1-5(2)12-6(13)11-4-3-7(8,9)10/h5H,3-4H2,1-2H3,(H2,11,12,13). The Morgan fingerprint density at radius 1 is 1.38 bits per heavy atom. The van der Waals surface area contributed by atoms with Crippen LogP contribution >= 0.6 is 12.2 Å². The summed E-state index contributed by atoms with van der Waals surface area (Å²) in [5, 5.41) is 5.52. The van der Waals surface area contributed by atoms with E-state index in [-0.39, 0.29) is 17.7 Å². The average molecular weight is 214 g/mol. The van der Waals surface area contributed by atoms with Crippen LogP contribution in [0, 0.1) is 0 Å². The van der Waals surface area contributed by atoms with Gasteiger partial charge in [0.15, 0.2) is 5.11 Å². The molecule has 0 aromatic carbocycles. The maximum atomic E-state index is 11.7. The molecule has 0 spiro atoms. The molecule has 0 radical (unpaired) electrons. The lowest BCUT2D eigenvalue weighted by Gasteiger charge is -2.13. The van der Waals surface area contributed by atoms with Crippen LogP contribution in [0.1, 0.15) is 20.3 Å². The summed E-state index contributed by atoms with van der Waals surface area (Å²) in [6.45, 7) is 3.54. The van der Waals surface area contributed by atoms with Crippen LogP contribution < -0.4 is 10.6 Å². The van der Waals surface area contributed by atoms with E-state index in [9.17, 15) is 13.2 Å². The molecule has 2 nitrogen and oxygen atoms in total. The SMILES string of the molecule is CC(C)NC(=S)NCCC(F)(F)F. The number of alkyl halides is 3. The van der Waals surface area contributed by atoms with Gasteiger partial charge < -0.3 is 10.6 Å². The molecule has 0 aliphatic heterocycles. The highest BCUT2D eigenvalue weighted by atomic mass is 32.1. The van der Waals surface area contributed by atoms with Gasteiger partial charge in [-0.25, -0.2) is 0 Å². The largest absolute Gasteiger partial charge is 0.390 e. The molecule has 0 rings (SSSR count). The first-order valence-corrected chi connectivity index (χ1v) is 4.33. The zero-order valence-corrected chi connectivity index (χ0v) is 8.35. The van der Waals surface area contributed by atoms with Crippen molar-refractivity contribution >= 4 is 17.3 Å². The van der Waals surface area contributed by atoms with Gasteiger partial charge in [-0.2, -0.15) is 13.2 Å². The zero-order chi connectivity index (χ0) is 10.5. The third-order valence-corrected chi connectivity index (χ3v) is 1.38. The fourth-order valence-electron chi connectivity index (χ4n) is 0.631. The summed E-state index contributed by atoms with van der Waals surface area (Å²) in [7, 11) is 0. The van der Waals surface area contributed by atoms with Crippen LogP contribution in [0.2, 0.25) is 0 Å². The second-order valence-electron chi connectivity index (χ2n) is 2.92. The van der Waals surface area contributed by atoms with Crippen LogP contribution in [0.15, 0.2) is 0 Å². The Balaban J connectivity index is 3.49. The van der Waals surface area contributed by atoms with Crippen LogP contribution in [0.5, 0.6) is 0 Å². The lowest BCUT2D eigenvalue weighted by atomic mass is 10.4. The molecule has 0 saturated carbocycles. The van der Waals surface area contributed by atoms with E-state index < -0.39 is 12.6 Å². The van der Waals surface area contributed by atoms with Crippen molar-refractivity contribution in [2.24, 2.45) is 0 Å². The Kier molecular flexibility index (Phi) is 5.05. The Labute approximate surface area is 80.9 Å². The van der Waals surface area contributed by atoms with Crippen molar-refractivity contribution in [2.45, 2.75) is 32.5 Å². The zero-order valence-electron chi connectivity index (χ0n) is 7.53. The van der Waals surface area contributed by atoms with Crippen molar-refractivity contribution in [3.05, 3.63) is 0 Å². The van der Waals surface area contributed by atoms with Crippen molar-refractivity contribution < 1.29 is 13.2 Å². The molecule has 0 aromatic heterocycles. The second kappa shape index (κ2) is 5.26. The number of rotatable bonds is 3. The molecule has 0 heterocycles. The van der Waals surface area contributed by atoms with Gasteiger partial charge in [0.2, 0.25) is 0 Å². The highest BCUT2D eigenvalue weighted by Crippen LogP contribution is 2.17. The van der Waals surface area contributed by atoms with Crippen LogP contribution in [0.3, 0.4) is 0 Å². The van der Waals surface area contributed by atoms with Gasteiger partial charge in [0.05, 0.1) is 6.42 Å². The van der Waals surface area contributed by atoms with Crippen LogP contribution in [-0.2, 0) is 0 Å². The Bertz CT molecular complexity index is 168. The minimum atomic E-state index is -4.12. The molecular formula is C7H13F3N2S. The minimum Gasteiger partial charge on any atom is -0.362 e. The van der Waals surface area contributed by atoms with Crippen molar-refractivity contribution in [1.82, 2.24) is 10.6 Å². The highest BCUT2D eigenvalue weighted by molar-refractivity contribution is 7.80. The third kappa shape index (κ3) is 9.39. The number of halogens is 3. The molecule has 0 saturated heterocycles. The maximum Gasteiger partial charge on any atom is 0.390 e. The number of nitrogens with one attached hydrogen (secondary N) is 2.